The number of nitrogens with zero attached hydrogens (tertiary/aromatic N) is 5. The van der Waals surface area contributed by atoms with E-state index in [2.05, 4.69) is 224 Å². The molecule has 0 saturated heterocycles. The molecule has 0 atom stereocenters. The highest BCUT2D eigenvalue weighted by Crippen LogP contribution is 2.46. The summed E-state index contributed by atoms with van der Waals surface area (Å²) in [5.74, 6) is 1.60. The molecular weight excluding hydrogens is 979 g/mol. The number of hydrogen-bond donors (Lipinski definition) is 0. The molecule has 0 saturated carbocycles. The third kappa shape index (κ3) is 7.31. The summed E-state index contributed by atoms with van der Waals surface area (Å²) in [7, 11) is 0. The van der Waals surface area contributed by atoms with E-state index in [9.17, 15) is 0 Å². The first-order valence-electron chi connectivity index (χ1n) is 27.5. The molecular formula is C73H51N5O2. The van der Waals surface area contributed by atoms with Gasteiger partial charge in [0.05, 0.1) is 22.2 Å². The van der Waals surface area contributed by atoms with Gasteiger partial charge in [-0.05, 0) is 120 Å². The zero-order valence-corrected chi connectivity index (χ0v) is 44.4. The van der Waals surface area contributed by atoms with Gasteiger partial charge >= 0.3 is 0 Å². The van der Waals surface area contributed by atoms with Gasteiger partial charge in [0.25, 0.3) is 0 Å². The van der Waals surface area contributed by atoms with Crippen molar-refractivity contribution in [2.24, 2.45) is 0 Å². The van der Waals surface area contributed by atoms with Crippen LogP contribution in [0.2, 0.25) is 0 Å². The Morgan fingerprint density at radius 3 is 1.49 bits per heavy atom. The predicted molar refractivity (Wildman–Crippen MR) is 329 cm³/mol. The molecule has 0 bridgehead atoms. The zero-order chi connectivity index (χ0) is 53.2. The summed E-state index contributed by atoms with van der Waals surface area (Å²) in [6, 6.07) is 78.0. The van der Waals surface area contributed by atoms with Gasteiger partial charge < -0.3 is 18.0 Å². The van der Waals surface area contributed by atoms with Crippen molar-refractivity contribution in [3.63, 3.8) is 0 Å². The van der Waals surface area contributed by atoms with E-state index in [0.29, 0.717) is 17.5 Å². The fraction of sp³-hybridized carbons (Fsp3) is 0.0822. The molecule has 0 amide bonds. The lowest BCUT2D eigenvalue weighted by Crippen LogP contribution is -2.10. The minimum Gasteiger partial charge on any atom is -0.456 e. The van der Waals surface area contributed by atoms with Gasteiger partial charge in [-0.15, -0.1) is 0 Å². The summed E-state index contributed by atoms with van der Waals surface area (Å²) in [6.07, 6.45) is 6.63. The molecule has 1 aliphatic rings. The summed E-state index contributed by atoms with van der Waals surface area (Å²) in [5.41, 5.74) is 19.5. The van der Waals surface area contributed by atoms with Crippen molar-refractivity contribution in [1.82, 2.24) is 24.1 Å². The van der Waals surface area contributed by atoms with E-state index in [-0.39, 0.29) is 5.41 Å². The molecule has 380 valence electrons. The van der Waals surface area contributed by atoms with Crippen LogP contribution in [0.5, 0.6) is 0 Å². The third-order valence-electron chi connectivity index (χ3n) is 16.4. The van der Waals surface area contributed by atoms with Crippen LogP contribution in [0, 0.1) is 0 Å². The number of allylic oxidation sites excluding steroid dienone is 1. The molecule has 7 heteroatoms. The first-order valence-corrected chi connectivity index (χ1v) is 27.5. The van der Waals surface area contributed by atoms with Gasteiger partial charge in [-0.1, -0.05) is 166 Å². The standard InChI is InChI=1S/C73H51N5O2/c1-73(2,3)49-32-36-63-59(42-49)60-43-50(77-61-26-14-10-22-51(61)52-23-11-15-27-62(52)77)33-37-64(60)78(63)69-57(44-18-6-4-7-19-44)38-48(39-58(69)45-20-8-5-9-21-45)72-75-70(46-30-34-55-53-24-12-16-28-65(53)79-67(55)40-46)74-71(76-72)47-31-35-56-54-25-13-17-29-66(54)80-68(56)41-47/h4-14,16-26,28-43H,15,27H2,1-3H3. The number of benzene rings is 10. The lowest BCUT2D eigenvalue weighted by Gasteiger charge is -2.22. The van der Waals surface area contributed by atoms with Gasteiger partial charge in [0.1, 0.15) is 22.3 Å². The SMILES string of the molecule is CC(C)(C)c1ccc2c(c1)c1cc(-n3c4c(c5ccccc53)C=CCC4)ccc1n2-c1c(-c2ccccc2)cc(-c2nc(-c3ccc4c(c3)oc3ccccc34)nc(-c3ccc4c(c3)oc3ccccc34)n2)cc1-c1ccccc1. The van der Waals surface area contributed by atoms with Crippen LogP contribution in [-0.4, -0.2) is 24.1 Å². The van der Waals surface area contributed by atoms with Gasteiger partial charge in [0, 0.05) is 82.5 Å². The molecule has 0 spiro atoms. The van der Waals surface area contributed by atoms with E-state index < -0.39 is 0 Å². The minimum absolute atomic E-state index is 0.0772. The first kappa shape index (κ1) is 46.0. The lowest BCUT2D eigenvalue weighted by atomic mass is 9.86. The quantitative estimate of drug-likeness (QED) is 0.159. The van der Waals surface area contributed by atoms with Crippen LogP contribution in [-0.2, 0) is 11.8 Å². The maximum Gasteiger partial charge on any atom is 0.164 e. The van der Waals surface area contributed by atoms with Crippen molar-refractivity contribution in [2.45, 2.75) is 39.0 Å². The molecule has 10 aromatic carbocycles. The number of aromatic nitrogens is 5. The lowest BCUT2D eigenvalue weighted by molar-refractivity contribution is 0.591. The highest BCUT2D eigenvalue weighted by molar-refractivity contribution is 6.12. The molecule has 5 aromatic heterocycles. The van der Waals surface area contributed by atoms with E-state index in [1.54, 1.807) is 0 Å². The van der Waals surface area contributed by atoms with E-state index in [1.807, 2.05) is 36.4 Å². The van der Waals surface area contributed by atoms with Gasteiger partial charge in [-0.25, -0.2) is 15.0 Å². The molecule has 0 N–H and O–H groups in total. The van der Waals surface area contributed by atoms with Crippen LogP contribution >= 0.6 is 0 Å². The van der Waals surface area contributed by atoms with Crippen molar-refractivity contribution in [3.8, 4) is 67.8 Å². The average molecular weight is 1030 g/mol. The Kier molecular flexibility index (Phi) is 10.2. The fourth-order valence-electron chi connectivity index (χ4n) is 12.5. The maximum atomic E-state index is 6.46. The first-order chi connectivity index (χ1) is 39.3. The van der Waals surface area contributed by atoms with Gasteiger partial charge in [0.15, 0.2) is 17.5 Å². The van der Waals surface area contributed by atoms with Crippen LogP contribution in [0.4, 0.5) is 0 Å². The van der Waals surface area contributed by atoms with Gasteiger partial charge in [-0.2, -0.15) is 0 Å². The summed E-state index contributed by atoms with van der Waals surface area (Å²) in [4.78, 5) is 16.2. The number of furan rings is 2. The molecule has 0 aliphatic heterocycles. The van der Waals surface area contributed by atoms with Crippen LogP contribution in [0.15, 0.2) is 233 Å². The molecule has 16 rings (SSSR count). The Balaban J connectivity index is 0.968. The second-order valence-electron chi connectivity index (χ2n) is 22.2. The highest BCUT2D eigenvalue weighted by atomic mass is 16.3. The van der Waals surface area contributed by atoms with E-state index in [0.717, 1.165) is 118 Å². The minimum atomic E-state index is -0.0772. The number of rotatable bonds is 7. The Bertz CT molecular complexity index is 4850. The molecule has 0 unspecified atom stereocenters. The van der Waals surface area contributed by atoms with Crippen molar-refractivity contribution >= 4 is 82.7 Å². The van der Waals surface area contributed by atoms with Crippen LogP contribution in [0.1, 0.15) is 44.0 Å². The fourth-order valence-corrected chi connectivity index (χ4v) is 12.5. The Labute approximate surface area is 461 Å². The Hall–Kier alpha value is -10.1. The summed E-state index contributed by atoms with van der Waals surface area (Å²) >= 11 is 0. The summed E-state index contributed by atoms with van der Waals surface area (Å²) < 4.78 is 17.9. The predicted octanol–water partition coefficient (Wildman–Crippen LogP) is 19.3. The highest BCUT2D eigenvalue weighted by Gasteiger charge is 2.27. The molecule has 80 heavy (non-hydrogen) atoms. The Morgan fingerprint density at radius 2 is 0.887 bits per heavy atom. The summed E-state index contributed by atoms with van der Waals surface area (Å²) in [6.45, 7) is 6.91. The van der Waals surface area contributed by atoms with Crippen molar-refractivity contribution < 1.29 is 8.83 Å². The van der Waals surface area contributed by atoms with E-state index in [1.165, 1.54) is 38.5 Å². The second kappa shape index (κ2) is 17.7. The molecule has 5 heterocycles. The number of para-hydroxylation sites is 3. The van der Waals surface area contributed by atoms with Gasteiger partial charge in [0.2, 0.25) is 0 Å². The number of hydrogen-bond acceptors (Lipinski definition) is 5. The largest absolute Gasteiger partial charge is 0.456 e. The average Bonchev–Trinajstić information content (AvgIpc) is 4.39. The normalized spacial score (nSPS) is 12.8. The van der Waals surface area contributed by atoms with Crippen LogP contribution in [0.3, 0.4) is 0 Å². The van der Waals surface area contributed by atoms with Gasteiger partial charge in [-0.3, -0.25) is 0 Å². The van der Waals surface area contributed by atoms with Crippen LogP contribution in [0.25, 0.3) is 150 Å². The van der Waals surface area contributed by atoms with Crippen molar-refractivity contribution in [1.29, 1.82) is 0 Å². The topological polar surface area (TPSA) is 74.8 Å². The molecule has 7 nitrogen and oxygen atoms in total. The molecule has 15 aromatic rings. The van der Waals surface area contributed by atoms with Crippen molar-refractivity contribution in [3.05, 3.63) is 241 Å². The van der Waals surface area contributed by atoms with Crippen molar-refractivity contribution in [2.75, 3.05) is 0 Å². The number of fused-ring (bicyclic) bond motifs is 12. The molecule has 0 radical (unpaired) electrons. The maximum absolute atomic E-state index is 6.46. The zero-order valence-electron chi connectivity index (χ0n) is 44.4. The Morgan fingerprint density at radius 1 is 0.388 bits per heavy atom. The van der Waals surface area contributed by atoms with E-state index >= 15 is 0 Å². The smallest absolute Gasteiger partial charge is 0.164 e. The molecule has 0 fully saturated rings. The molecule has 1 aliphatic carbocycles. The monoisotopic (exact) mass is 1030 g/mol. The van der Waals surface area contributed by atoms with E-state index in [4.69, 9.17) is 23.8 Å². The third-order valence-corrected chi connectivity index (χ3v) is 16.4. The van der Waals surface area contributed by atoms with Crippen LogP contribution < -0.4 is 0 Å². The second-order valence-corrected chi connectivity index (χ2v) is 22.2. The summed E-state index contributed by atoms with van der Waals surface area (Å²) in [5, 5.41) is 7.89.